The van der Waals surface area contributed by atoms with Gasteiger partial charge in [0.2, 0.25) is 0 Å². The van der Waals surface area contributed by atoms with Gasteiger partial charge in [0, 0.05) is 11.9 Å². The predicted octanol–water partition coefficient (Wildman–Crippen LogP) is 1.61. The fraction of sp³-hybridized carbons (Fsp3) is 0.400. The average molecular weight is 178 g/mol. The van der Waals surface area contributed by atoms with Gasteiger partial charge in [0.05, 0.1) is 5.56 Å². The van der Waals surface area contributed by atoms with Crippen LogP contribution in [-0.2, 0) is 0 Å². The number of rotatable bonds is 2. The first-order chi connectivity index (χ1) is 6.02. The summed E-state index contributed by atoms with van der Waals surface area (Å²) in [6.07, 6.45) is 1.78. The third-order valence-corrected chi connectivity index (χ3v) is 2.04. The average Bonchev–Trinajstić information content (AvgIpc) is 2.04. The van der Waals surface area contributed by atoms with E-state index in [2.05, 4.69) is 18.8 Å². The molecule has 0 spiro atoms. The van der Waals surface area contributed by atoms with E-state index in [1.54, 1.807) is 13.1 Å². The Morgan fingerprint density at radius 2 is 2.15 bits per heavy atom. The van der Waals surface area contributed by atoms with Crippen LogP contribution < -0.4 is 5.73 Å². The maximum atomic E-state index is 11.0. The highest BCUT2D eigenvalue weighted by atomic mass is 16.1. The van der Waals surface area contributed by atoms with E-state index in [0.717, 1.165) is 5.56 Å². The lowest BCUT2D eigenvalue weighted by molar-refractivity contribution is 0.0999. The first-order valence-electron chi connectivity index (χ1n) is 4.28. The van der Waals surface area contributed by atoms with Crippen molar-refractivity contribution in [2.75, 3.05) is 0 Å². The molecule has 0 aliphatic rings. The Bertz CT molecular complexity index is 332. The largest absolute Gasteiger partial charge is 0.366 e. The summed E-state index contributed by atoms with van der Waals surface area (Å²) in [5.41, 5.74) is 7.46. The fourth-order valence-corrected chi connectivity index (χ4v) is 1.11. The smallest absolute Gasteiger partial charge is 0.250 e. The van der Waals surface area contributed by atoms with Gasteiger partial charge in [0.25, 0.3) is 5.91 Å². The topological polar surface area (TPSA) is 56.0 Å². The van der Waals surface area contributed by atoms with E-state index < -0.39 is 5.91 Å². The summed E-state index contributed by atoms with van der Waals surface area (Å²) < 4.78 is 0. The summed E-state index contributed by atoms with van der Waals surface area (Å²) in [7, 11) is 0. The SMILES string of the molecule is Cc1ncc(C(C)C)cc1C(N)=O. The minimum absolute atomic E-state index is 0.367. The summed E-state index contributed by atoms with van der Waals surface area (Å²) in [4.78, 5) is 15.1. The van der Waals surface area contributed by atoms with Crippen molar-refractivity contribution < 1.29 is 4.79 Å². The zero-order valence-corrected chi connectivity index (χ0v) is 8.16. The molecule has 0 aliphatic heterocycles. The van der Waals surface area contributed by atoms with Crippen LogP contribution in [-0.4, -0.2) is 10.9 Å². The second-order valence-electron chi connectivity index (χ2n) is 3.42. The van der Waals surface area contributed by atoms with Crippen molar-refractivity contribution in [1.82, 2.24) is 4.98 Å². The predicted molar refractivity (Wildman–Crippen MR) is 51.6 cm³/mol. The molecule has 3 heteroatoms. The van der Waals surface area contributed by atoms with Crippen molar-refractivity contribution in [3.63, 3.8) is 0 Å². The number of aryl methyl sites for hydroxylation is 1. The van der Waals surface area contributed by atoms with Crippen LogP contribution >= 0.6 is 0 Å². The highest BCUT2D eigenvalue weighted by Gasteiger charge is 2.08. The molecule has 0 fully saturated rings. The number of carbonyl (C=O) groups is 1. The van der Waals surface area contributed by atoms with Crippen LogP contribution in [0.15, 0.2) is 12.3 Å². The normalized spacial score (nSPS) is 10.5. The summed E-state index contributed by atoms with van der Waals surface area (Å²) >= 11 is 0. The van der Waals surface area contributed by atoms with Gasteiger partial charge in [-0.2, -0.15) is 0 Å². The summed E-state index contributed by atoms with van der Waals surface area (Å²) in [6, 6.07) is 1.81. The van der Waals surface area contributed by atoms with Crippen LogP contribution in [0.1, 0.15) is 41.4 Å². The monoisotopic (exact) mass is 178 g/mol. The highest BCUT2D eigenvalue weighted by molar-refractivity contribution is 5.93. The molecule has 1 aromatic rings. The molecule has 0 saturated heterocycles. The Morgan fingerprint density at radius 3 is 2.62 bits per heavy atom. The first-order valence-corrected chi connectivity index (χ1v) is 4.28. The molecule has 0 unspecified atom stereocenters. The molecule has 1 amide bonds. The maximum absolute atomic E-state index is 11.0. The van der Waals surface area contributed by atoms with E-state index in [1.807, 2.05) is 6.07 Å². The number of nitrogens with zero attached hydrogens (tertiary/aromatic N) is 1. The molecule has 3 nitrogen and oxygen atoms in total. The van der Waals surface area contributed by atoms with E-state index in [1.165, 1.54) is 0 Å². The number of nitrogens with two attached hydrogens (primary N) is 1. The van der Waals surface area contributed by atoms with E-state index in [0.29, 0.717) is 17.2 Å². The Kier molecular flexibility index (Phi) is 2.66. The Balaban J connectivity index is 3.19. The van der Waals surface area contributed by atoms with Crippen molar-refractivity contribution in [3.8, 4) is 0 Å². The van der Waals surface area contributed by atoms with Crippen LogP contribution in [0.3, 0.4) is 0 Å². The van der Waals surface area contributed by atoms with Gasteiger partial charge in [-0.05, 0) is 24.5 Å². The molecule has 1 heterocycles. The molecular formula is C10H14N2O. The molecule has 1 rings (SSSR count). The van der Waals surface area contributed by atoms with Gasteiger partial charge in [0.15, 0.2) is 0 Å². The van der Waals surface area contributed by atoms with Gasteiger partial charge in [-0.1, -0.05) is 13.8 Å². The first kappa shape index (κ1) is 9.71. The molecule has 0 saturated carbocycles. The van der Waals surface area contributed by atoms with E-state index >= 15 is 0 Å². The van der Waals surface area contributed by atoms with E-state index in [9.17, 15) is 4.79 Å². The number of aromatic nitrogens is 1. The number of hydrogen-bond acceptors (Lipinski definition) is 2. The standard InChI is InChI=1S/C10H14N2O/c1-6(2)8-4-9(10(11)13)7(3)12-5-8/h4-6H,1-3H3,(H2,11,13). The number of amides is 1. The molecule has 0 atom stereocenters. The zero-order valence-electron chi connectivity index (χ0n) is 8.16. The molecule has 1 aromatic heterocycles. The minimum Gasteiger partial charge on any atom is -0.366 e. The van der Waals surface area contributed by atoms with Crippen molar-refractivity contribution in [2.45, 2.75) is 26.7 Å². The van der Waals surface area contributed by atoms with Crippen molar-refractivity contribution >= 4 is 5.91 Å². The molecule has 13 heavy (non-hydrogen) atoms. The summed E-state index contributed by atoms with van der Waals surface area (Å²) in [5, 5.41) is 0. The van der Waals surface area contributed by atoms with Crippen molar-refractivity contribution in [1.29, 1.82) is 0 Å². The number of hydrogen-bond donors (Lipinski definition) is 1. The van der Waals surface area contributed by atoms with E-state index in [4.69, 9.17) is 5.73 Å². The molecule has 0 bridgehead atoms. The Hall–Kier alpha value is -1.38. The van der Waals surface area contributed by atoms with Crippen LogP contribution in [0.25, 0.3) is 0 Å². The van der Waals surface area contributed by atoms with Gasteiger partial charge in [-0.15, -0.1) is 0 Å². The van der Waals surface area contributed by atoms with Crippen LogP contribution in [0, 0.1) is 6.92 Å². The number of pyridine rings is 1. The molecule has 0 aliphatic carbocycles. The summed E-state index contributed by atoms with van der Waals surface area (Å²) in [6.45, 7) is 5.89. The van der Waals surface area contributed by atoms with Gasteiger partial charge in [-0.3, -0.25) is 9.78 Å². The van der Waals surface area contributed by atoms with E-state index in [-0.39, 0.29) is 0 Å². The summed E-state index contributed by atoms with van der Waals surface area (Å²) in [5.74, 6) is -0.0429. The van der Waals surface area contributed by atoms with Crippen LogP contribution in [0.5, 0.6) is 0 Å². The lowest BCUT2D eigenvalue weighted by Crippen LogP contribution is -2.14. The number of carbonyl (C=O) groups excluding carboxylic acids is 1. The highest BCUT2D eigenvalue weighted by Crippen LogP contribution is 2.15. The van der Waals surface area contributed by atoms with Gasteiger partial charge >= 0.3 is 0 Å². The lowest BCUT2D eigenvalue weighted by atomic mass is 10.0. The maximum Gasteiger partial charge on any atom is 0.250 e. The Labute approximate surface area is 78.0 Å². The molecule has 70 valence electrons. The molecule has 0 radical (unpaired) electrons. The van der Waals surface area contributed by atoms with Crippen molar-refractivity contribution in [2.24, 2.45) is 5.73 Å². The van der Waals surface area contributed by atoms with Gasteiger partial charge < -0.3 is 5.73 Å². The zero-order chi connectivity index (χ0) is 10.0. The second-order valence-corrected chi connectivity index (χ2v) is 3.42. The lowest BCUT2D eigenvalue weighted by Gasteiger charge is -2.07. The third-order valence-electron chi connectivity index (χ3n) is 2.04. The van der Waals surface area contributed by atoms with Crippen LogP contribution in [0.2, 0.25) is 0 Å². The minimum atomic E-state index is -0.410. The quantitative estimate of drug-likeness (QED) is 0.748. The fourth-order valence-electron chi connectivity index (χ4n) is 1.11. The second kappa shape index (κ2) is 3.56. The Morgan fingerprint density at radius 1 is 1.54 bits per heavy atom. The molecular weight excluding hydrogens is 164 g/mol. The number of primary amides is 1. The van der Waals surface area contributed by atoms with Gasteiger partial charge in [0.1, 0.15) is 0 Å². The van der Waals surface area contributed by atoms with Crippen molar-refractivity contribution in [3.05, 3.63) is 29.1 Å². The van der Waals surface area contributed by atoms with Crippen LogP contribution in [0.4, 0.5) is 0 Å². The molecule has 0 aromatic carbocycles. The van der Waals surface area contributed by atoms with Gasteiger partial charge in [-0.25, -0.2) is 0 Å². The third kappa shape index (κ3) is 2.05. The molecule has 2 N–H and O–H groups in total.